The van der Waals surface area contributed by atoms with E-state index in [2.05, 4.69) is 15.6 Å². The van der Waals surface area contributed by atoms with Gasteiger partial charge in [-0.2, -0.15) is 0 Å². The fourth-order valence-electron chi connectivity index (χ4n) is 2.31. The summed E-state index contributed by atoms with van der Waals surface area (Å²) in [7, 11) is 0. The summed E-state index contributed by atoms with van der Waals surface area (Å²) in [6, 6.07) is 14.5. The first-order valence-electron chi connectivity index (χ1n) is 7.62. The molecule has 0 fully saturated rings. The minimum Gasteiger partial charge on any atom is -0.331 e. The van der Waals surface area contributed by atoms with Crippen LogP contribution < -0.4 is 10.6 Å². The molecule has 0 saturated carbocycles. The van der Waals surface area contributed by atoms with Crippen molar-refractivity contribution in [3.63, 3.8) is 0 Å². The minimum absolute atomic E-state index is 0.181. The number of amides is 1. The molecular weight excluding hydrogens is 389 g/mol. The number of para-hydroxylation sites is 1. The van der Waals surface area contributed by atoms with Crippen molar-refractivity contribution in [2.24, 2.45) is 0 Å². The maximum atomic E-state index is 12.0. The van der Waals surface area contributed by atoms with E-state index < -0.39 is 0 Å². The monoisotopic (exact) mass is 401 g/mol. The lowest BCUT2D eigenvalue weighted by Gasteiger charge is -2.10. The summed E-state index contributed by atoms with van der Waals surface area (Å²) in [5.41, 5.74) is 2.18. The highest BCUT2D eigenvalue weighted by atomic mass is 35.5. The van der Waals surface area contributed by atoms with E-state index in [0.717, 1.165) is 16.6 Å². The Bertz CT molecular complexity index is 1020. The number of hydrogen-bond acceptors (Lipinski definition) is 3. The Morgan fingerprint density at radius 1 is 1.12 bits per heavy atom. The van der Waals surface area contributed by atoms with Crippen molar-refractivity contribution in [3.05, 3.63) is 76.4 Å². The first-order chi connectivity index (χ1) is 12.5. The SMILES string of the molecule is O=C(C=Cc1ccc(Cl)cc1Cl)NC(=S)Nc1cccc2cccnc12. The third-order valence-corrected chi connectivity index (χ3v) is 4.26. The first kappa shape index (κ1) is 18.3. The predicted octanol–water partition coefficient (Wildman–Crippen LogP) is 5.07. The van der Waals surface area contributed by atoms with Gasteiger partial charge in [-0.1, -0.05) is 47.5 Å². The molecular formula is C19H13Cl2N3OS. The second kappa shape index (κ2) is 8.27. The predicted molar refractivity (Wildman–Crippen MR) is 112 cm³/mol. The Kier molecular flexibility index (Phi) is 5.83. The van der Waals surface area contributed by atoms with Crippen LogP contribution in [0.5, 0.6) is 0 Å². The van der Waals surface area contributed by atoms with Gasteiger partial charge in [0.1, 0.15) is 0 Å². The standard InChI is InChI=1S/C19H13Cl2N3OS/c20-14-8-6-12(15(21)11-14)7-9-17(25)24-19(26)23-16-5-1-3-13-4-2-10-22-18(13)16/h1-11H,(H2,23,24,25,26). The number of thiocarbonyl (C=S) groups is 1. The molecule has 4 nitrogen and oxygen atoms in total. The highest BCUT2D eigenvalue weighted by Gasteiger charge is 2.06. The number of nitrogens with zero attached hydrogens (tertiary/aromatic N) is 1. The van der Waals surface area contributed by atoms with Crippen molar-refractivity contribution >= 4 is 69.1 Å². The summed E-state index contributed by atoms with van der Waals surface area (Å²) in [6.45, 7) is 0. The summed E-state index contributed by atoms with van der Waals surface area (Å²) in [4.78, 5) is 16.4. The van der Waals surface area contributed by atoms with Crippen LogP contribution in [0, 0.1) is 0 Å². The molecule has 1 aromatic heterocycles. The number of rotatable bonds is 3. The average Bonchev–Trinajstić information content (AvgIpc) is 2.61. The Morgan fingerprint density at radius 3 is 2.73 bits per heavy atom. The fraction of sp³-hybridized carbons (Fsp3) is 0. The zero-order valence-electron chi connectivity index (χ0n) is 13.4. The summed E-state index contributed by atoms with van der Waals surface area (Å²) < 4.78 is 0. The molecule has 2 aromatic carbocycles. The highest BCUT2D eigenvalue weighted by molar-refractivity contribution is 7.80. The third-order valence-electron chi connectivity index (χ3n) is 3.49. The molecule has 130 valence electrons. The zero-order valence-corrected chi connectivity index (χ0v) is 15.7. The Hall–Kier alpha value is -2.47. The number of carbonyl (C=O) groups excluding carboxylic acids is 1. The molecule has 0 bridgehead atoms. The van der Waals surface area contributed by atoms with Gasteiger partial charge in [0.05, 0.1) is 11.2 Å². The molecule has 26 heavy (non-hydrogen) atoms. The Labute approximate surface area is 165 Å². The first-order valence-corrected chi connectivity index (χ1v) is 8.78. The average molecular weight is 402 g/mol. The van der Waals surface area contributed by atoms with Crippen molar-refractivity contribution < 1.29 is 4.79 Å². The van der Waals surface area contributed by atoms with Crippen molar-refractivity contribution in [2.45, 2.75) is 0 Å². The molecule has 1 amide bonds. The lowest BCUT2D eigenvalue weighted by molar-refractivity contribution is -0.115. The lowest BCUT2D eigenvalue weighted by Crippen LogP contribution is -2.32. The largest absolute Gasteiger partial charge is 0.331 e. The number of aromatic nitrogens is 1. The van der Waals surface area contributed by atoms with Gasteiger partial charge in [-0.25, -0.2) is 0 Å². The van der Waals surface area contributed by atoms with Crippen LogP contribution in [0.1, 0.15) is 5.56 Å². The van der Waals surface area contributed by atoms with Gasteiger partial charge in [-0.3, -0.25) is 15.1 Å². The van der Waals surface area contributed by atoms with Gasteiger partial charge in [-0.15, -0.1) is 0 Å². The van der Waals surface area contributed by atoms with E-state index >= 15 is 0 Å². The number of fused-ring (bicyclic) bond motifs is 1. The second-order valence-electron chi connectivity index (χ2n) is 5.32. The Morgan fingerprint density at radius 2 is 1.92 bits per heavy atom. The van der Waals surface area contributed by atoms with Crippen molar-refractivity contribution in [2.75, 3.05) is 5.32 Å². The fourth-order valence-corrected chi connectivity index (χ4v) is 3.00. The number of anilines is 1. The molecule has 0 atom stereocenters. The van der Waals surface area contributed by atoms with Crippen LogP contribution in [0.25, 0.3) is 17.0 Å². The van der Waals surface area contributed by atoms with Crippen LogP contribution >= 0.6 is 35.4 Å². The molecule has 7 heteroatoms. The highest BCUT2D eigenvalue weighted by Crippen LogP contribution is 2.22. The van der Waals surface area contributed by atoms with Gasteiger partial charge < -0.3 is 5.32 Å². The van der Waals surface area contributed by atoms with Crippen molar-refractivity contribution in [1.29, 1.82) is 0 Å². The Balaban J connectivity index is 1.66. The quantitative estimate of drug-likeness (QED) is 0.475. The molecule has 3 aromatic rings. The molecule has 1 heterocycles. The van der Waals surface area contributed by atoms with Crippen molar-refractivity contribution in [3.8, 4) is 0 Å². The van der Waals surface area contributed by atoms with Gasteiger partial charge >= 0.3 is 0 Å². The summed E-state index contributed by atoms with van der Waals surface area (Å²) in [5, 5.41) is 7.74. The minimum atomic E-state index is -0.373. The molecule has 0 saturated heterocycles. The summed E-state index contributed by atoms with van der Waals surface area (Å²) >= 11 is 17.1. The van der Waals surface area contributed by atoms with Crippen LogP contribution in [-0.2, 0) is 4.79 Å². The molecule has 0 radical (unpaired) electrons. The number of hydrogen-bond donors (Lipinski definition) is 2. The smallest absolute Gasteiger partial charge is 0.250 e. The van der Waals surface area contributed by atoms with Crippen LogP contribution in [0.4, 0.5) is 5.69 Å². The van der Waals surface area contributed by atoms with E-state index in [1.165, 1.54) is 6.08 Å². The molecule has 0 aliphatic heterocycles. The topological polar surface area (TPSA) is 54.0 Å². The number of carbonyl (C=O) groups is 1. The van der Waals surface area contributed by atoms with Gasteiger partial charge in [0, 0.05) is 27.7 Å². The number of nitrogens with one attached hydrogen (secondary N) is 2. The van der Waals surface area contributed by atoms with Crippen LogP contribution in [0.3, 0.4) is 0 Å². The maximum absolute atomic E-state index is 12.0. The molecule has 0 aliphatic rings. The second-order valence-corrected chi connectivity index (χ2v) is 6.58. The third kappa shape index (κ3) is 4.58. The summed E-state index contributed by atoms with van der Waals surface area (Å²) in [5.74, 6) is -0.373. The summed E-state index contributed by atoms with van der Waals surface area (Å²) in [6.07, 6.45) is 4.65. The van der Waals surface area contributed by atoms with Gasteiger partial charge in [0.25, 0.3) is 0 Å². The van der Waals surface area contributed by atoms with E-state index in [9.17, 15) is 4.79 Å². The lowest BCUT2D eigenvalue weighted by atomic mass is 10.2. The van der Waals surface area contributed by atoms with Gasteiger partial charge in [-0.05, 0) is 48.1 Å². The van der Waals surface area contributed by atoms with Crippen LogP contribution in [0.15, 0.2) is 60.8 Å². The zero-order chi connectivity index (χ0) is 18.5. The molecule has 0 spiro atoms. The number of pyridine rings is 1. The van der Waals surface area contributed by atoms with E-state index in [4.69, 9.17) is 35.4 Å². The molecule has 0 aliphatic carbocycles. The van der Waals surface area contributed by atoms with Gasteiger partial charge in [0.15, 0.2) is 5.11 Å². The number of halogens is 2. The molecule has 2 N–H and O–H groups in total. The van der Waals surface area contributed by atoms with E-state index in [-0.39, 0.29) is 11.0 Å². The van der Waals surface area contributed by atoms with Gasteiger partial charge in [0.2, 0.25) is 5.91 Å². The van der Waals surface area contributed by atoms with E-state index in [1.807, 2.05) is 30.3 Å². The number of benzene rings is 2. The molecule has 0 unspecified atom stereocenters. The molecule has 3 rings (SSSR count). The van der Waals surface area contributed by atoms with E-state index in [1.54, 1.807) is 30.5 Å². The van der Waals surface area contributed by atoms with Crippen LogP contribution in [0.2, 0.25) is 10.0 Å². The normalized spacial score (nSPS) is 10.8. The van der Waals surface area contributed by atoms with Crippen molar-refractivity contribution in [1.82, 2.24) is 10.3 Å². The van der Waals surface area contributed by atoms with E-state index in [0.29, 0.717) is 15.6 Å². The van der Waals surface area contributed by atoms with Crippen LogP contribution in [-0.4, -0.2) is 16.0 Å². The maximum Gasteiger partial charge on any atom is 0.250 e.